The largest absolute Gasteiger partial charge is 0.310 e. The molecule has 1 N–H and O–H groups in total. The zero-order chi connectivity index (χ0) is 14.5. The van der Waals surface area contributed by atoms with Crippen LogP contribution in [-0.4, -0.2) is 11.5 Å². The Bertz CT molecular complexity index is 558. The molecule has 0 aliphatic heterocycles. The van der Waals surface area contributed by atoms with Crippen molar-refractivity contribution in [3.63, 3.8) is 0 Å². The van der Waals surface area contributed by atoms with Crippen LogP contribution in [0, 0.1) is 20.8 Å². The number of rotatable bonds is 5. The van der Waals surface area contributed by atoms with Crippen LogP contribution in [0.4, 0.5) is 0 Å². The molecule has 0 aliphatic carbocycles. The highest BCUT2D eigenvalue weighted by molar-refractivity contribution is 5.33. The second-order valence-electron chi connectivity index (χ2n) is 5.50. The van der Waals surface area contributed by atoms with Gasteiger partial charge in [-0.1, -0.05) is 36.8 Å². The molecule has 2 aromatic rings. The van der Waals surface area contributed by atoms with Gasteiger partial charge in [-0.25, -0.2) is 0 Å². The van der Waals surface area contributed by atoms with Crippen molar-refractivity contribution in [1.82, 2.24) is 10.3 Å². The minimum absolute atomic E-state index is 0.329. The first-order chi connectivity index (χ1) is 9.60. The van der Waals surface area contributed by atoms with Crippen molar-refractivity contribution in [2.75, 3.05) is 6.54 Å². The van der Waals surface area contributed by atoms with Crippen LogP contribution in [0.15, 0.2) is 36.5 Å². The Labute approximate surface area is 122 Å². The smallest absolute Gasteiger partial charge is 0.0422 e. The summed E-state index contributed by atoms with van der Waals surface area (Å²) in [4.78, 5) is 4.53. The van der Waals surface area contributed by atoms with Gasteiger partial charge in [0.2, 0.25) is 0 Å². The second-order valence-corrected chi connectivity index (χ2v) is 5.50. The van der Waals surface area contributed by atoms with Gasteiger partial charge in [0.15, 0.2) is 0 Å². The molecule has 0 fully saturated rings. The fraction of sp³-hybridized carbons (Fsp3) is 0.389. The SMILES string of the molecule is CCNC(Cc1ccc(C)cn1)c1ccc(C)cc1C. The van der Waals surface area contributed by atoms with Crippen molar-refractivity contribution in [2.45, 2.75) is 40.2 Å². The van der Waals surface area contributed by atoms with E-state index in [0.29, 0.717) is 6.04 Å². The predicted molar refractivity (Wildman–Crippen MR) is 85.0 cm³/mol. The quantitative estimate of drug-likeness (QED) is 0.889. The molecule has 1 atom stereocenters. The van der Waals surface area contributed by atoms with E-state index >= 15 is 0 Å². The van der Waals surface area contributed by atoms with Gasteiger partial charge in [-0.05, 0) is 50.1 Å². The molecule has 1 heterocycles. The minimum atomic E-state index is 0.329. The third-order valence-electron chi connectivity index (χ3n) is 3.64. The van der Waals surface area contributed by atoms with Gasteiger partial charge in [0, 0.05) is 24.4 Å². The van der Waals surface area contributed by atoms with Crippen LogP contribution in [0.3, 0.4) is 0 Å². The lowest BCUT2D eigenvalue weighted by Gasteiger charge is -2.20. The van der Waals surface area contributed by atoms with Gasteiger partial charge in [0.05, 0.1) is 0 Å². The molecule has 0 radical (unpaired) electrons. The average Bonchev–Trinajstić information content (AvgIpc) is 2.41. The molecule has 0 saturated carbocycles. The Hall–Kier alpha value is -1.67. The summed E-state index contributed by atoms with van der Waals surface area (Å²) < 4.78 is 0. The van der Waals surface area contributed by atoms with Crippen LogP contribution in [0.5, 0.6) is 0 Å². The third-order valence-corrected chi connectivity index (χ3v) is 3.64. The standard InChI is InChI=1S/C18H24N2/c1-5-19-18(11-16-8-6-14(3)12-20-16)17-9-7-13(2)10-15(17)4/h6-10,12,18-19H,5,11H2,1-4H3. The summed E-state index contributed by atoms with van der Waals surface area (Å²) in [7, 11) is 0. The molecule has 2 heteroatoms. The monoisotopic (exact) mass is 268 g/mol. The van der Waals surface area contributed by atoms with Crippen molar-refractivity contribution >= 4 is 0 Å². The van der Waals surface area contributed by atoms with E-state index in [1.54, 1.807) is 0 Å². The number of hydrogen-bond donors (Lipinski definition) is 1. The van der Waals surface area contributed by atoms with E-state index in [4.69, 9.17) is 0 Å². The first kappa shape index (κ1) is 14.7. The van der Waals surface area contributed by atoms with E-state index in [0.717, 1.165) is 18.7 Å². The molecule has 0 aliphatic rings. The highest BCUT2D eigenvalue weighted by Gasteiger charge is 2.14. The highest BCUT2D eigenvalue weighted by Crippen LogP contribution is 2.22. The normalized spacial score (nSPS) is 12.4. The number of pyridine rings is 1. The third kappa shape index (κ3) is 3.67. The van der Waals surface area contributed by atoms with Gasteiger partial charge < -0.3 is 5.32 Å². The van der Waals surface area contributed by atoms with Crippen molar-refractivity contribution in [2.24, 2.45) is 0 Å². The molecular formula is C18H24N2. The summed E-state index contributed by atoms with van der Waals surface area (Å²) in [6.07, 6.45) is 2.87. The number of aromatic nitrogens is 1. The molecule has 0 bridgehead atoms. The van der Waals surface area contributed by atoms with E-state index in [-0.39, 0.29) is 0 Å². The average molecular weight is 268 g/mol. The van der Waals surface area contributed by atoms with Crippen molar-refractivity contribution in [3.8, 4) is 0 Å². The number of nitrogens with one attached hydrogen (secondary N) is 1. The molecule has 20 heavy (non-hydrogen) atoms. The molecule has 1 unspecified atom stereocenters. The van der Waals surface area contributed by atoms with Crippen molar-refractivity contribution < 1.29 is 0 Å². The molecule has 0 saturated heterocycles. The van der Waals surface area contributed by atoms with Gasteiger partial charge in [0.1, 0.15) is 0 Å². The highest BCUT2D eigenvalue weighted by atomic mass is 14.9. The van der Waals surface area contributed by atoms with Crippen LogP contribution in [0.1, 0.15) is 40.9 Å². The van der Waals surface area contributed by atoms with Crippen LogP contribution in [0.25, 0.3) is 0 Å². The second kappa shape index (κ2) is 6.67. The lowest BCUT2D eigenvalue weighted by Crippen LogP contribution is -2.24. The van der Waals surface area contributed by atoms with Crippen LogP contribution >= 0.6 is 0 Å². The summed E-state index contributed by atoms with van der Waals surface area (Å²) in [6.45, 7) is 9.52. The van der Waals surface area contributed by atoms with Crippen molar-refractivity contribution in [1.29, 1.82) is 0 Å². The number of hydrogen-bond acceptors (Lipinski definition) is 2. The number of benzene rings is 1. The summed E-state index contributed by atoms with van der Waals surface area (Å²) >= 11 is 0. The maximum absolute atomic E-state index is 4.53. The lowest BCUT2D eigenvalue weighted by atomic mass is 9.95. The molecule has 0 spiro atoms. The number of nitrogens with zero attached hydrogens (tertiary/aromatic N) is 1. The van der Waals surface area contributed by atoms with E-state index in [2.05, 4.69) is 68.3 Å². The molecule has 2 rings (SSSR count). The van der Waals surface area contributed by atoms with Gasteiger partial charge in [-0.15, -0.1) is 0 Å². The molecule has 106 valence electrons. The summed E-state index contributed by atoms with van der Waals surface area (Å²) in [5.74, 6) is 0. The van der Waals surface area contributed by atoms with E-state index in [1.165, 1.54) is 22.3 Å². The number of likely N-dealkylation sites (N-methyl/N-ethyl adjacent to an activating group) is 1. The van der Waals surface area contributed by atoms with Gasteiger partial charge in [0.25, 0.3) is 0 Å². The minimum Gasteiger partial charge on any atom is -0.310 e. The van der Waals surface area contributed by atoms with E-state index in [9.17, 15) is 0 Å². The lowest BCUT2D eigenvalue weighted by molar-refractivity contribution is 0.541. The molecule has 1 aromatic carbocycles. The Balaban J connectivity index is 2.24. The van der Waals surface area contributed by atoms with E-state index < -0.39 is 0 Å². The fourth-order valence-corrected chi connectivity index (χ4v) is 2.58. The van der Waals surface area contributed by atoms with Gasteiger partial charge in [-0.2, -0.15) is 0 Å². The molecule has 1 aromatic heterocycles. The fourth-order valence-electron chi connectivity index (χ4n) is 2.58. The topological polar surface area (TPSA) is 24.9 Å². The first-order valence-corrected chi connectivity index (χ1v) is 7.32. The van der Waals surface area contributed by atoms with Crippen LogP contribution in [-0.2, 0) is 6.42 Å². The maximum atomic E-state index is 4.53. The molecular weight excluding hydrogens is 244 g/mol. The summed E-state index contributed by atoms with van der Waals surface area (Å²) in [5.41, 5.74) is 6.39. The molecule has 0 amide bonds. The summed E-state index contributed by atoms with van der Waals surface area (Å²) in [6, 6.07) is 11.3. The Morgan fingerprint density at radius 3 is 2.40 bits per heavy atom. The first-order valence-electron chi connectivity index (χ1n) is 7.32. The van der Waals surface area contributed by atoms with Crippen molar-refractivity contribution in [3.05, 3.63) is 64.5 Å². The zero-order valence-electron chi connectivity index (χ0n) is 12.9. The van der Waals surface area contributed by atoms with Gasteiger partial charge in [-0.3, -0.25) is 4.98 Å². The maximum Gasteiger partial charge on any atom is 0.0422 e. The Kier molecular flexibility index (Phi) is 4.91. The van der Waals surface area contributed by atoms with Gasteiger partial charge >= 0.3 is 0 Å². The summed E-state index contributed by atoms with van der Waals surface area (Å²) in [5, 5.41) is 3.58. The number of aryl methyl sites for hydroxylation is 3. The Morgan fingerprint density at radius 2 is 1.80 bits per heavy atom. The van der Waals surface area contributed by atoms with Crippen LogP contribution in [0.2, 0.25) is 0 Å². The van der Waals surface area contributed by atoms with E-state index in [1.807, 2.05) is 6.20 Å². The molecule has 2 nitrogen and oxygen atoms in total. The predicted octanol–water partition coefficient (Wildman–Crippen LogP) is 3.90. The van der Waals surface area contributed by atoms with Crippen LogP contribution < -0.4 is 5.32 Å². The zero-order valence-corrected chi connectivity index (χ0v) is 12.9. The Morgan fingerprint density at radius 1 is 1.05 bits per heavy atom.